The van der Waals surface area contributed by atoms with E-state index in [2.05, 4.69) is 53.8 Å². The second-order valence-corrected chi connectivity index (χ2v) is 8.63. The lowest BCUT2D eigenvalue weighted by Crippen LogP contribution is -1.96. The molecule has 0 unspecified atom stereocenters. The molecular weight excluding hydrogens is 423 g/mol. The Balaban J connectivity index is 1.87. The maximum absolute atomic E-state index is 10.4. The standard InChI is InChI=1S/C22H35IO2/c1-19(11-7-4-2-3-5-10-14-22(24)25)12-8-6-9-13-20-15-17-21(23)18-16-20/h15-19H,2-14H2,1H3,(H,24,25)/t19-/m1/s1. The molecule has 0 aliphatic rings. The number of carbonyl (C=O) groups is 1. The minimum atomic E-state index is -0.660. The fourth-order valence-electron chi connectivity index (χ4n) is 3.27. The molecule has 0 radical (unpaired) electrons. The third-order valence-electron chi connectivity index (χ3n) is 4.91. The van der Waals surface area contributed by atoms with Gasteiger partial charge in [0, 0.05) is 9.99 Å². The Hall–Kier alpha value is -0.580. The largest absolute Gasteiger partial charge is 0.481 e. The molecule has 0 aliphatic heterocycles. The van der Waals surface area contributed by atoms with Crippen LogP contribution in [0.5, 0.6) is 0 Å². The summed E-state index contributed by atoms with van der Waals surface area (Å²) in [6.45, 7) is 2.39. The van der Waals surface area contributed by atoms with Crippen molar-refractivity contribution in [1.29, 1.82) is 0 Å². The zero-order valence-electron chi connectivity index (χ0n) is 15.8. The molecule has 25 heavy (non-hydrogen) atoms. The average Bonchev–Trinajstić information content (AvgIpc) is 2.58. The van der Waals surface area contributed by atoms with E-state index >= 15 is 0 Å². The third kappa shape index (κ3) is 13.3. The van der Waals surface area contributed by atoms with Crippen LogP contribution in [0.1, 0.15) is 89.5 Å². The maximum atomic E-state index is 10.4. The molecule has 0 bridgehead atoms. The Labute approximate surface area is 167 Å². The summed E-state index contributed by atoms with van der Waals surface area (Å²) < 4.78 is 1.32. The van der Waals surface area contributed by atoms with Gasteiger partial charge in [-0.1, -0.05) is 76.8 Å². The first-order chi connectivity index (χ1) is 12.1. The first-order valence-corrected chi connectivity index (χ1v) is 11.1. The molecule has 0 saturated carbocycles. The fourth-order valence-corrected chi connectivity index (χ4v) is 3.63. The highest BCUT2D eigenvalue weighted by atomic mass is 127. The topological polar surface area (TPSA) is 37.3 Å². The van der Waals surface area contributed by atoms with E-state index in [0.717, 1.165) is 18.8 Å². The summed E-state index contributed by atoms with van der Waals surface area (Å²) in [6, 6.07) is 8.91. The monoisotopic (exact) mass is 458 g/mol. The van der Waals surface area contributed by atoms with Crippen LogP contribution < -0.4 is 0 Å². The summed E-state index contributed by atoms with van der Waals surface area (Å²) >= 11 is 2.36. The van der Waals surface area contributed by atoms with Crippen molar-refractivity contribution < 1.29 is 9.90 Å². The summed E-state index contributed by atoms with van der Waals surface area (Å²) in [5.41, 5.74) is 1.47. The highest BCUT2D eigenvalue weighted by Gasteiger charge is 2.03. The predicted octanol–water partition coefficient (Wildman–Crippen LogP) is 7.24. The van der Waals surface area contributed by atoms with Crippen LogP contribution in [0.25, 0.3) is 0 Å². The summed E-state index contributed by atoms with van der Waals surface area (Å²) in [7, 11) is 0. The number of rotatable bonds is 15. The summed E-state index contributed by atoms with van der Waals surface area (Å²) in [5, 5.41) is 8.59. The van der Waals surface area contributed by atoms with Crippen LogP contribution in [-0.4, -0.2) is 11.1 Å². The molecule has 1 rings (SSSR count). The van der Waals surface area contributed by atoms with Gasteiger partial charge in [0.2, 0.25) is 0 Å². The van der Waals surface area contributed by atoms with Crippen molar-refractivity contribution >= 4 is 28.6 Å². The fraction of sp³-hybridized carbons (Fsp3) is 0.682. The van der Waals surface area contributed by atoms with Crippen LogP contribution in [0.15, 0.2) is 24.3 Å². The second kappa shape index (κ2) is 14.6. The van der Waals surface area contributed by atoms with Gasteiger partial charge in [-0.25, -0.2) is 0 Å². The molecule has 0 heterocycles. The SMILES string of the molecule is C[C@H](CCCCCCCCC(=O)O)CCCCCc1ccc(I)cc1. The van der Waals surface area contributed by atoms with Gasteiger partial charge in [0.25, 0.3) is 0 Å². The zero-order valence-corrected chi connectivity index (χ0v) is 18.0. The van der Waals surface area contributed by atoms with Gasteiger partial charge in [0.15, 0.2) is 0 Å². The van der Waals surface area contributed by atoms with E-state index in [9.17, 15) is 4.79 Å². The molecule has 2 nitrogen and oxygen atoms in total. The normalized spacial score (nSPS) is 12.2. The number of hydrogen-bond donors (Lipinski definition) is 1. The molecule has 0 aromatic heterocycles. The Morgan fingerprint density at radius 1 is 0.880 bits per heavy atom. The number of unbranched alkanes of at least 4 members (excludes halogenated alkanes) is 7. The Bertz CT molecular complexity index is 456. The Morgan fingerprint density at radius 3 is 2.00 bits per heavy atom. The summed E-state index contributed by atoms with van der Waals surface area (Å²) in [5.74, 6) is 0.192. The maximum Gasteiger partial charge on any atom is 0.303 e. The lowest BCUT2D eigenvalue weighted by molar-refractivity contribution is -0.137. The van der Waals surface area contributed by atoms with Crippen LogP contribution in [0, 0.1) is 9.49 Å². The van der Waals surface area contributed by atoms with Crippen molar-refractivity contribution in [3.63, 3.8) is 0 Å². The van der Waals surface area contributed by atoms with Crippen LogP contribution in [-0.2, 0) is 11.2 Å². The number of aryl methyl sites for hydroxylation is 1. The predicted molar refractivity (Wildman–Crippen MR) is 115 cm³/mol. The highest BCUT2D eigenvalue weighted by Crippen LogP contribution is 2.18. The van der Waals surface area contributed by atoms with Crippen molar-refractivity contribution in [3.05, 3.63) is 33.4 Å². The highest BCUT2D eigenvalue weighted by molar-refractivity contribution is 14.1. The molecule has 0 saturated heterocycles. The van der Waals surface area contributed by atoms with Crippen molar-refractivity contribution in [1.82, 2.24) is 0 Å². The van der Waals surface area contributed by atoms with Crippen LogP contribution in [0.4, 0.5) is 0 Å². The third-order valence-corrected chi connectivity index (χ3v) is 5.63. The number of halogens is 1. The number of hydrogen-bond acceptors (Lipinski definition) is 1. The van der Waals surface area contributed by atoms with E-state index in [1.807, 2.05) is 0 Å². The smallest absolute Gasteiger partial charge is 0.303 e. The van der Waals surface area contributed by atoms with Gasteiger partial charge < -0.3 is 5.11 Å². The molecule has 0 spiro atoms. The number of benzene rings is 1. The van der Waals surface area contributed by atoms with Gasteiger partial charge >= 0.3 is 5.97 Å². The van der Waals surface area contributed by atoms with Crippen LogP contribution >= 0.6 is 22.6 Å². The van der Waals surface area contributed by atoms with Gasteiger partial charge in [-0.2, -0.15) is 0 Å². The molecule has 142 valence electrons. The molecule has 1 aromatic rings. The van der Waals surface area contributed by atoms with Gasteiger partial charge in [0.05, 0.1) is 0 Å². The molecule has 0 fully saturated rings. The minimum absolute atomic E-state index is 0.334. The molecule has 3 heteroatoms. The quantitative estimate of drug-likeness (QED) is 0.222. The van der Waals surface area contributed by atoms with E-state index in [0.29, 0.717) is 6.42 Å². The van der Waals surface area contributed by atoms with Crippen molar-refractivity contribution in [2.75, 3.05) is 0 Å². The molecule has 0 amide bonds. The summed E-state index contributed by atoms with van der Waals surface area (Å²) in [4.78, 5) is 10.4. The van der Waals surface area contributed by atoms with Gasteiger partial charge in [-0.05, 0) is 65.5 Å². The minimum Gasteiger partial charge on any atom is -0.481 e. The Morgan fingerprint density at radius 2 is 1.40 bits per heavy atom. The first-order valence-electron chi connectivity index (χ1n) is 10.0. The molecule has 1 atom stereocenters. The first kappa shape index (κ1) is 22.5. The lowest BCUT2D eigenvalue weighted by atomic mass is 9.95. The van der Waals surface area contributed by atoms with Crippen LogP contribution in [0.2, 0.25) is 0 Å². The van der Waals surface area contributed by atoms with E-state index < -0.39 is 5.97 Å². The van der Waals surface area contributed by atoms with Crippen molar-refractivity contribution in [2.45, 2.75) is 90.4 Å². The number of carboxylic acids is 1. The number of aliphatic carboxylic acids is 1. The summed E-state index contributed by atoms with van der Waals surface area (Å²) in [6.07, 6.45) is 15.3. The van der Waals surface area contributed by atoms with Gasteiger partial charge in [0.1, 0.15) is 0 Å². The average molecular weight is 458 g/mol. The lowest BCUT2D eigenvalue weighted by Gasteiger charge is -2.11. The molecule has 1 N–H and O–H groups in total. The molecule has 0 aliphatic carbocycles. The second-order valence-electron chi connectivity index (χ2n) is 7.38. The molecular formula is C22H35IO2. The van der Waals surface area contributed by atoms with E-state index in [-0.39, 0.29) is 0 Å². The van der Waals surface area contributed by atoms with Gasteiger partial charge in [-0.3, -0.25) is 4.79 Å². The van der Waals surface area contributed by atoms with Gasteiger partial charge in [-0.15, -0.1) is 0 Å². The van der Waals surface area contributed by atoms with Crippen molar-refractivity contribution in [2.24, 2.45) is 5.92 Å². The number of carboxylic acid groups (broad SMARTS) is 1. The van der Waals surface area contributed by atoms with Crippen LogP contribution in [0.3, 0.4) is 0 Å². The van der Waals surface area contributed by atoms with E-state index in [1.54, 1.807) is 0 Å². The van der Waals surface area contributed by atoms with Crippen molar-refractivity contribution in [3.8, 4) is 0 Å². The Kier molecular flexibility index (Phi) is 13.1. The van der Waals surface area contributed by atoms with E-state index in [4.69, 9.17) is 5.11 Å². The van der Waals surface area contributed by atoms with E-state index in [1.165, 1.54) is 73.3 Å². The molecule has 1 aromatic carbocycles. The zero-order chi connectivity index (χ0) is 18.3.